The molecule has 1 unspecified atom stereocenters. The first-order valence-corrected chi connectivity index (χ1v) is 9.56. The minimum atomic E-state index is -1.36. The molecule has 1 N–H and O–H groups in total. The highest BCUT2D eigenvalue weighted by Crippen LogP contribution is 2.26. The zero-order valence-electron chi connectivity index (χ0n) is 16.4. The van der Waals surface area contributed by atoms with Crippen LogP contribution in [-0.4, -0.2) is 51.7 Å². The molecule has 0 radical (unpaired) electrons. The molecule has 1 aromatic carbocycles. The lowest BCUT2D eigenvalue weighted by atomic mass is 9.90. The summed E-state index contributed by atoms with van der Waals surface area (Å²) >= 11 is 0. The van der Waals surface area contributed by atoms with Crippen LogP contribution in [0.4, 0.5) is 0 Å². The van der Waals surface area contributed by atoms with Gasteiger partial charge in [-0.2, -0.15) is 0 Å². The molecule has 2 heterocycles. The molecular weight excluding hydrogens is 342 g/mol. The predicted octanol–water partition coefficient (Wildman–Crippen LogP) is 2.78. The summed E-state index contributed by atoms with van der Waals surface area (Å²) in [4.78, 5) is 16.7. The number of aromatic nitrogens is 1. The molecule has 0 saturated carbocycles. The van der Waals surface area contributed by atoms with E-state index in [0.717, 1.165) is 12.0 Å². The molecule has 0 aliphatic carbocycles. The van der Waals surface area contributed by atoms with E-state index >= 15 is 0 Å². The van der Waals surface area contributed by atoms with Gasteiger partial charge in [-0.1, -0.05) is 43.3 Å². The van der Waals surface area contributed by atoms with E-state index < -0.39 is 5.60 Å². The molecule has 0 spiro atoms. The van der Waals surface area contributed by atoms with Crippen LogP contribution in [0.15, 0.2) is 41.1 Å². The van der Waals surface area contributed by atoms with Crippen molar-refractivity contribution in [3.63, 3.8) is 0 Å². The number of hydrogen-bond donors (Lipinski definition) is 1. The maximum Gasteiger partial charge on any atom is 0.256 e. The van der Waals surface area contributed by atoms with E-state index in [1.807, 2.05) is 11.9 Å². The van der Waals surface area contributed by atoms with Crippen LogP contribution in [0, 0.1) is 0 Å². The van der Waals surface area contributed by atoms with Crippen LogP contribution in [0.25, 0.3) is 0 Å². The van der Waals surface area contributed by atoms with Gasteiger partial charge in [0.2, 0.25) is 0 Å². The van der Waals surface area contributed by atoms with Crippen molar-refractivity contribution in [2.75, 3.05) is 20.1 Å². The molecule has 1 atom stereocenters. The highest BCUT2D eigenvalue weighted by Gasteiger charge is 2.42. The number of benzene rings is 1. The summed E-state index contributed by atoms with van der Waals surface area (Å²) in [5.74, 6) is 1.01. The number of likely N-dealkylation sites (tertiary alicyclic amines) is 1. The van der Waals surface area contributed by atoms with Crippen molar-refractivity contribution in [1.82, 2.24) is 15.0 Å². The fourth-order valence-corrected chi connectivity index (χ4v) is 3.68. The Morgan fingerprint density at radius 1 is 1.30 bits per heavy atom. The monoisotopic (exact) mass is 371 g/mol. The average Bonchev–Trinajstić information content (AvgIpc) is 3.12. The molecule has 3 rings (SSSR count). The van der Waals surface area contributed by atoms with Gasteiger partial charge in [0.05, 0.1) is 12.7 Å². The maximum absolute atomic E-state index is 13.0. The second kappa shape index (κ2) is 8.23. The largest absolute Gasteiger partial charge is 0.379 e. The molecule has 1 aliphatic rings. The number of hydrogen-bond acceptors (Lipinski definition) is 5. The van der Waals surface area contributed by atoms with Crippen molar-refractivity contribution in [1.29, 1.82) is 0 Å². The Labute approximate surface area is 160 Å². The van der Waals surface area contributed by atoms with Gasteiger partial charge in [-0.05, 0) is 36.9 Å². The Hall–Kier alpha value is -2.18. The quantitative estimate of drug-likeness (QED) is 0.810. The normalized spacial score (nSPS) is 20.7. The Kier molecular flexibility index (Phi) is 5.97. The molecule has 1 saturated heterocycles. The third-order valence-corrected chi connectivity index (χ3v) is 5.17. The summed E-state index contributed by atoms with van der Waals surface area (Å²) < 4.78 is 5.11. The Morgan fingerprint density at radius 3 is 2.67 bits per heavy atom. The van der Waals surface area contributed by atoms with Crippen LogP contribution in [0.2, 0.25) is 0 Å². The van der Waals surface area contributed by atoms with E-state index in [9.17, 15) is 9.90 Å². The number of aliphatic hydroxyl groups is 1. The van der Waals surface area contributed by atoms with E-state index in [-0.39, 0.29) is 12.5 Å². The summed E-state index contributed by atoms with van der Waals surface area (Å²) in [6, 6.07) is 10.2. The SMILES string of the molecule is CC(C)c1ccc(CN2CCCC(O)(CN(C)Cc3ccno3)C2=O)cc1. The highest BCUT2D eigenvalue weighted by molar-refractivity contribution is 5.86. The highest BCUT2D eigenvalue weighted by atomic mass is 16.5. The lowest BCUT2D eigenvalue weighted by molar-refractivity contribution is -0.160. The molecule has 6 nitrogen and oxygen atoms in total. The minimum absolute atomic E-state index is 0.189. The van der Waals surface area contributed by atoms with Crippen LogP contribution in [0.1, 0.15) is 49.5 Å². The average molecular weight is 371 g/mol. The summed E-state index contributed by atoms with van der Waals surface area (Å²) in [5.41, 5.74) is 1.02. The molecule has 1 aliphatic heterocycles. The number of nitrogens with zero attached hydrogens (tertiary/aromatic N) is 3. The second-order valence-corrected chi connectivity index (χ2v) is 7.91. The second-order valence-electron chi connectivity index (χ2n) is 7.91. The standard InChI is InChI=1S/C21H29N3O3/c1-16(2)18-7-5-17(6-8-18)13-24-12-4-10-21(26,20(24)25)15-23(3)14-19-9-11-22-27-19/h5-9,11,16,26H,4,10,12-15H2,1-3H3. The first kappa shape index (κ1) is 19.6. The molecule has 1 amide bonds. The Bertz CT molecular complexity index is 743. The fraction of sp³-hybridized carbons (Fsp3) is 0.524. The molecule has 1 aromatic heterocycles. The molecule has 6 heteroatoms. The van der Waals surface area contributed by atoms with Gasteiger partial charge in [-0.15, -0.1) is 0 Å². The minimum Gasteiger partial charge on any atom is -0.379 e. The van der Waals surface area contributed by atoms with Gasteiger partial charge >= 0.3 is 0 Å². The molecule has 146 valence electrons. The van der Waals surface area contributed by atoms with Crippen molar-refractivity contribution in [3.05, 3.63) is 53.4 Å². The predicted molar refractivity (Wildman–Crippen MR) is 103 cm³/mol. The summed E-state index contributed by atoms with van der Waals surface area (Å²) in [7, 11) is 1.87. The summed E-state index contributed by atoms with van der Waals surface area (Å²) in [6.07, 6.45) is 2.87. The molecule has 1 fully saturated rings. The van der Waals surface area contributed by atoms with Crippen LogP contribution in [0.3, 0.4) is 0 Å². The van der Waals surface area contributed by atoms with Crippen molar-refractivity contribution >= 4 is 5.91 Å². The van der Waals surface area contributed by atoms with Gasteiger partial charge in [0.1, 0.15) is 0 Å². The zero-order chi connectivity index (χ0) is 19.4. The third kappa shape index (κ3) is 4.76. The maximum atomic E-state index is 13.0. The first-order chi connectivity index (χ1) is 12.9. The van der Waals surface area contributed by atoms with Gasteiger partial charge in [-0.3, -0.25) is 9.69 Å². The van der Waals surface area contributed by atoms with Crippen molar-refractivity contribution in [2.24, 2.45) is 0 Å². The first-order valence-electron chi connectivity index (χ1n) is 9.56. The van der Waals surface area contributed by atoms with Crippen molar-refractivity contribution < 1.29 is 14.4 Å². The number of amides is 1. The van der Waals surface area contributed by atoms with Crippen molar-refractivity contribution in [2.45, 2.75) is 51.3 Å². The molecule has 0 bridgehead atoms. The van der Waals surface area contributed by atoms with Gasteiger partial charge < -0.3 is 14.5 Å². The van der Waals surface area contributed by atoms with Gasteiger partial charge in [0.15, 0.2) is 11.4 Å². The van der Waals surface area contributed by atoms with E-state index in [1.165, 1.54) is 5.56 Å². The van der Waals surface area contributed by atoms with Crippen LogP contribution in [0.5, 0.6) is 0 Å². The number of likely N-dealkylation sites (N-methyl/N-ethyl adjacent to an activating group) is 1. The van der Waals surface area contributed by atoms with Crippen LogP contribution < -0.4 is 0 Å². The van der Waals surface area contributed by atoms with Crippen LogP contribution >= 0.6 is 0 Å². The Balaban J connectivity index is 1.63. The third-order valence-electron chi connectivity index (χ3n) is 5.17. The van der Waals surface area contributed by atoms with E-state index in [1.54, 1.807) is 17.2 Å². The van der Waals surface area contributed by atoms with E-state index in [2.05, 4.69) is 43.3 Å². The molecule has 27 heavy (non-hydrogen) atoms. The molecular formula is C21H29N3O3. The van der Waals surface area contributed by atoms with Gasteiger partial charge in [0.25, 0.3) is 5.91 Å². The van der Waals surface area contributed by atoms with Crippen LogP contribution in [-0.2, 0) is 17.9 Å². The number of piperidine rings is 1. The Morgan fingerprint density at radius 2 is 2.04 bits per heavy atom. The van der Waals surface area contributed by atoms with Gasteiger partial charge in [-0.25, -0.2) is 0 Å². The summed E-state index contributed by atoms with van der Waals surface area (Å²) in [6.45, 7) is 6.32. The van der Waals surface area contributed by atoms with Crippen molar-refractivity contribution in [3.8, 4) is 0 Å². The van der Waals surface area contributed by atoms with E-state index in [4.69, 9.17) is 4.52 Å². The molecule has 2 aromatic rings. The lowest BCUT2D eigenvalue weighted by Gasteiger charge is -2.40. The van der Waals surface area contributed by atoms with E-state index in [0.29, 0.717) is 37.7 Å². The fourth-order valence-electron chi connectivity index (χ4n) is 3.68. The summed E-state index contributed by atoms with van der Waals surface area (Å²) in [5, 5.41) is 14.7. The van der Waals surface area contributed by atoms with Gasteiger partial charge in [0, 0.05) is 25.7 Å². The lowest BCUT2D eigenvalue weighted by Crippen LogP contribution is -2.57. The topological polar surface area (TPSA) is 69.8 Å². The smallest absolute Gasteiger partial charge is 0.256 e. The number of rotatable bonds is 7. The number of carbonyl (C=O) groups excluding carboxylic acids is 1. The number of carbonyl (C=O) groups is 1. The zero-order valence-corrected chi connectivity index (χ0v) is 16.4.